The summed E-state index contributed by atoms with van der Waals surface area (Å²) in [4.78, 5) is 22.3. The molecule has 2 N–H and O–H groups in total. The minimum Gasteiger partial charge on any atom is -0.477 e. The van der Waals surface area contributed by atoms with E-state index >= 15 is 0 Å². The van der Waals surface area contributed by atoms with Gasteiger partial charge in [0.25, 0.3) is 0 Å². The highest BCUT2D eigenvalue weighted by Crippen LogP contribution is 2.36. The summed E-state index contributed by atoms with van der Waals surface area (Å²) < 4.78 is 0. The van der Waals surface area contributed by atoms with Gasteiger partial charge >= 0.3 is 11.9 Å². The molecule has 0 atom stereocenters. The molecule has 116 valence electrons. The molecule has 4 nitrogen and oxygen atoms in total. The Labute approximate surface area is 136 Å². The van der Waals surface area contributed by atoms with Crippen LogP contribution >= 0.6 is 0 Å². The normalized spacial score (nSPS) is 11.2. The Morgan fingerprint density at radius 2 is 1.25 bits per heavy atom. The van der Waals surface area contributed by atoms with Gasteiger partial charge in [-0.2, -0.15) is 0 Å². The molecule has 0 saturated carbocycles. The van der Waals surface area contributed by atoms with Gasteiger partial charge in [-0.1, -0.05) is 54.6 Å². The molecule has 0 aliphatic rings. The molecule has 0 heterocycles. The number of aliphatic carboxylic acids is 2. The lowest BCUT2D eigenvalue weighted by Crippen LogP contribution is -2.10. The molecule has 0 saturated heterocycles. The molecular formula is C20H12O4. The number of hydrogen-bond donors (Lipinski definition) is 2. The molecule has 0 spiro atoms. The highest BCUT2D eigenvalue weighted by Gasteiger charge is 2.17. The Bertz CT molecular complexity index is 1120. The highest BCUT2D eigenvalue weighted by molar-refractivity contribution is 6.25. The third-order valence-electron chi connectivity index (χ3n) is 4.32. The lowest BCUT2D eigenvalue weighted by atomic mass is 9.91. The van der Waals surface area contributed by atoms with Gasteiger partial charge in [-0.3, -0.25) is 0 Å². The van der Waals surface area contributed by atoms with Crippen molar-refractivity contribution in [2.24, 2.45) is 0 Å². The van der Waals surface area contributed by atoms with E-state index in [0.717, 1.165) is 32.3 Å². The van der Waals surface area contributed by atoms with Crippen molar-refractivity contribution in [1.82, 2.24) is 0 Å². The maximum atomic E-state index is 11.2. The van der Waals surface area contributed by atoms with Crippen molar-refractivity contribution in [1.29, 1.82) is 0 Å². The Kier molecular flexibility index (Phi) is 3.00. The van der Waals surface area contributed by atoms with Crippen molar-refractivity contribution in [3.05, 3.63) is 65.7 Å². The molecule has 4 aromatic carbocycles. The first-order chi connectivity index (χ1) is 11.6. The summed E-state index contributed by atoms with van der Waals surface area (Å²) in [5, 5.41) is 24.4. The van der Waals surface area contributed by atoms with E-state index in [2.05, 4.69) is 6.07 Å². The third kappa shape index (κ3) is 2.01. The second-order valence-electron chi connectivity index (χ2n) is 5.68. The van der Waals surface area contributed by atoms with Gasteiger partial charge < -0.3 is 10.2 Å². The van der Waals surface area contributed by atoms with E-state index in [4.69, 9.17) is 10.2 Å². The van der Waals surface area contributed by atoms with Gasteiger partial charge in [-0.15, -0.1) is 0 Å². The molecule has 0 aromatic heterocycles. The van der Waals surface area contributed by atoms with Crippen LogP contribution in [0, 0.1) is 0 Å². The zero-order chi connectivity index (χ0) is 16.8. The first kappa shape index (κ1) is 14.2. The van der Waals surface area contributed by atoms with Crippen molar-refractivity contribution in [2.45, 2.75) is 0 Å². The maximum absolute atomic E-state index is 11.2. The zero-order valence-corrected chi connectivity index (χ0v) is 12.5. The van der Waals surface area contributed by atoms with Crippen LogP contribution in [0.4, 0.5) is 0 Å². The number of hydrogen-bond acceptors (Lipinski definition) is 2. The van der Waals surface area contributed by atoms with Crippen LogP contribution in [0.3, 0.4) is 0 Å². The standard InChI is InChI=1S/C20H12O4/c21-19(22)16(20(23)24)10-14-7-6-13-5-4-11-2-1-3-12-8-9-15(14)18(13)17(11)12/h1-10H,(H,21,22)(H,23,24). The molecule has 4 rings (SSSR count). The largest absolute Gasteiger partial charge is 0.477 e. The molecule has 4 heteroatoms. The van der Waals surface area contributed by atoms with E-state index in [0.29, 0.717) is 5.56 Å². The molecule has 24 heavy (non-hydrogen) atoms. The van der Waals surface area contributed by atoms with Crippen LogP contribution in [0.25, 0.3) is 38.4 Å². The Hall–Kier alpha value is -3.40. The second-order valence-corrected chi connectivity index (χ2v) is 5.68. The van der Waals surface area contributed by atoms with Crippen LogP contribution in [0.1, 0.15) is 5.56 Å². The summed E-state index contributed by atoms with van der Waals surface area (Å²) in [6, 6.07) is 17.7. The summed E-state index contributed by atoms with van der Waals surface area (Å²) in [6.45, 7) is 0. The van der Waals surface area contributed by atoms with Crippen LogP contribution in [-0.2, 0) is 9.59 Å². The van der Waals surface area contributed by atoms with E-state index in [1.807, 2.05) is 42.5 Å². The average molecular weight is 316 g/mol. The summed E-state index contributed by atoms with van der Waals surface area (Å²) in [5.74, 6) is -2.90. The fraction of sp³-hybridized carbons (Fsp3) is 0. The Balaban J connectivity index is 2.13. The molecule has 0 aliphatic heterocycles. The highest BCUT2D eigenvalue weighted by atomic mass is 16.4. The van der Waals surface area contributed by atoms with E-state index in [9.17, 15) is 9.59 Å². The van der Waals surface area contributed by atoms with Crippen LogP contribution in [0.2, 0.25) is 0 Å². The van der Waals surface area contributed by atoms with Gasteiger partial charge in [0, 0.05) is 0 Å². The van der Waals surface area contributed by atoms with Crippen molar-refractivity contribution < 1.29 is 19.8 Å². The topological polar surface area (TPSA) is 74.6 Å². The number of carboxylic acids is 2. The molecule has 0 amide bonds. The molecule has 0 radical (unpaired) electrons. The summed E-state index contributed by atoms with van der Waals surface area (Å²) in [5.41, 5.74) is -0.0643. The van der Waals surface area contributed by atoms with Crippen LogP contribution in [0.5, 0.6) is 0 Å². The first-order valence-corrected chi connectivity index (χ1v) is 7.41. The summed E-state index contributed by atoms with van der Waals surface area (Å²) in [6.07, 6.45) is 1.22. The monoisotopic (exact) mass is 316 g/mol. The lowest BCUT2D eigenvalue weighted by Gasteiger charge is -2.12. The second kappa shape index (κ2) is 5.06. The fourth-order valence-electron chi connectivity index (χ4n) is 3.25. The summed E-state index contributed by atoms with van der Waals surface area (Å²) >= 11 is 0. The Morgan fingerprint density at radius 3 is 1.88 bits per heavy atom. The predicted octanol–water partition coefficient (Wildman–Crippen LogP) is 4.14. The van der Waals surface area contributed by atoms with E-state index in [1.165, 1.54) is 6.08 Å². The number of rotatable bonds is 3. The smallest absolute Gasteiger partial charge is 0.343 e. The van der Waals surface area contributed by atoms with Gasteiger partial charge in [0.15, 0.2) is 0 Å². The first-order valence-electron chi connectivity index (χ1n) is 7.41. The van der Waals surface area contributed by atoms with Crippen molar-refractivity contribution in [2.75, 3.05) is 0 Å². The predicted molar refractivity (Wildman–Crippen MR) is 93.4 cm³/mol. The van der Waals surface area contributed by atoms with Crippen molar-refractivity contribution in [3.63, 3.8) is 0 Å². The SMILES string of the molecule is O=C(O)C(=Cc1ccc2ccc3cccc4ccc1c2c34)C(=O)O. The van der Waals surface area contributed by atoms with Crippen LogP contribution < -0.4 is 0 Å². The number of benzene rings is 4. The quantitative estimate of drug-likeness (QED) is 0.258. The number of carbonyl (C=O) groups is 2. The van der Waals surface area contributed by atoms with Gasteiger partial charge in [0.2, 0.25) is 0 Å². The van der Waals surface area contributed by atoms with Gasteiger partial charge in [-0.05, 0) is 44.0 Å². The van der Waals surface area contributed by atoms with Gasteiger partial charge in [-0.25, -0.2) is 9.59 Å². The molecule has 4 aromatic rings. The molecule has 0 unspecified atom stereocenters. The average Bonchev–Trinajstić information content (AvgIpc) is 2.57. The van der Waals surface area contributed by atoms with Gasteiger partial charge in [0.1, 0.15) is 5.57 Å². The van der Waals surface area contributed by atoms with Gasteiger partial charge in [0.05, 0.1) is 0 Å². The fourth-order valence-corrected chi connectivity index (χ4v) is 3.25. The van der Waals surface area contributed by atoms with E-state index < -0.39 is 17.5 Å². The van der Waals surface area contributed by atoms with Crippen molar-refractivity contribution >= 4 is 50.3 Å². The van der Waals surface area contributed by atoms with Crippen LogP contribution in [-0.4, -0.2) is 22.2 Å². The summed E-state index contributed by atoms with van der Waals surface area (Å²) in [7, 11) is 0. The van der Waals surface area contributed by atoms with Crippen LogP contribution in [0.15, 0.2) is 60.2 Å². The van der Waals surface area contributed by atoms with E-state index in [1.54, 1.807) is 6.07 Å². The minimum atomic E-state index is -1.45. The Morgan fingerprint density at radius 1 is 0.708 bits per heavy atom. The molecule has 0 aliphatic carbocycles. The van der Waals surface area contributed by atoms with E-state index in [-0.39, 0.29) is 0 Å². The van der Waals surface area contributed by atoms with Crippen molar-refractivity contribution in [3.8, 4) is 0 Å². The lowest BCUT2D eigenvalue weighted by molar-refractivity contribution is -0.139. The molecule has 0 bridgehead atoms. The number of carboxylic acid groups (broad SMARTS) is 2. The molecule has 0 fully saturated rings. The third-order valence-corrected chi connectivity index (χ3v) is 4.32. The molecular weight excluding hydrogens is 304 g/mol. The minimum absolute atomic E-state index is 0.584. The zero-order valence-electron chi connectivity index (χ0n) is 12.5. The maximum Gasteiger partial charge on any atom is 0.343 e.